The number of hydrogen-bond donors (Lipinski definition) is 2. The number of aromatic nitrogens is 2. The molecule has 1 amide bonds. The van der Waals surface area contributed by atoms with Gasteiger partial charge in [0.25, 0.3) is 0 Å². The second-order valence-corrected chi connectivity index (χ2v) is 10.6. The van der Waals surface area contributed by atoms with Gasteiger partial charge < -0.3 is 25.3 Å². The summed E-state index contributed by atoms with van der Waals surface area (Å²) in [5.41, 5.74) is 3.63. The molecule has 12 heteroatoms. The van der Waals surface area contributed by atoms with E-state index in [9.17, 15) is 9.59 Å². The van der Waals surface area contributed by atoms with Crippen molar-refractivity contribution in [2.24, 2.45) is 12.7 Å². The molecule has 0 aliphatic carbocycles. The number of primary amides is 1. The summed E-state index contributed by atoms with van der Waals surface area (Å²) >= 11 is 6.56. The number of halogens is 3. The summed E-state index contributed by atoms with van der Waals surface area (Å²) in [5, 5.41) is 6.59. The Bertz CT molecular complexity index is 1970. The van der Waals surface area contributed by atoms with Gasteiger partial charge >= 0.3 is 5.56 Å². The highest BCUT2D eigenvalue weighted by atomic mass is 35.5. The van der Waals surface area contributed by atoms with Gasteiger partial charge in [-0.15, -0.1) is 0 Å². The van der Waals surface area contributed by atoms with E-state index in [4.69, 9.17) is 35.7 Å². The first-order valence-electron chi connectivity index (χ1n) is 14.5. The first kappa shape index (κ1) is 23.1. The van der Waals surface area contributed by atoms with Crippen LogP contribution in [0.4, 0.5) is 8.78 Å². The number of nitrogens with zero attached hydrogens (tertiary/aromatic N) is 2. The van der Waals surface area contributed by atoms with Crippen LogP contribution in [0.5, 0.6) is 28.7 Å². The summed E-state index contributed by atoms with van der Waals surface area (Å²) in [5.74, 6) is -5.08. The lowest BCUT2D eigenvalue weighted by atomic mass is 9.80. The molecule has 0 spiro atoms. The summed E-state index contributed by atoms with van der Waals surface area (Å²) < 4.78 is 72.7. The topological polar surface area (TPSA) is 118 Å². The van der Waals surface area contributed by atoms with Crippen molar-refractivity contribution in [1.82, 2.24) is 15.1 Å². The predicted molar refractivity (Wildman–Crippen MR) is 148 cm³/mol. The van der Waals surface area contributed by atoms with Gasteiger partial charge in [0.1, 0.15) is 11.6 Å². The fourth-order valence-electron chi connectivity index (χ4n) is 6.05. The first-order valence-corrected chi connectivity index (χ1v) is 13.4. The third-order valence-electron chi connectivity index (χ3n) is 7.93. The Hall–Kier alpha value is -4.48. The maximum Gasteiger partial charge on any atom is 0.313 e. The van der Waals surface area contributed by atoms with Crippen LogP contribution in [0, 0.1) is 11.6 Å². The highest BCUT2D eigenvalue weighted by Gasteiger charge is 2.50. The van der Waals surface area contributed by atoms with Gasteiger partial charge in [-0.1, -0.05) is 41.9 Å². The maximum absolute atomic E-state index is 16.7. The number of rotatable bonds is 4. The number of amides is 1. The van der Waals surface area contributed by atoms with Crippen molar-refractivity contribution in [3.63, 3.8) is 0 Å². The molecule has 1 fully saturated rings. The molecule has 1 aromatic heterocycles. The van der Waals surface area contributed by atoms with Crippen molar-refractivity contribution >= 4 is 17.5 Å². The van der Waals surface area contributed by atoms with Crippen molar-refractivity contribution in [3.8, 4) is 39.9 Å². The van der Waals surface area contributed by atoms with Crippen molar-refractivity contribution in [2.75, 3.05) is 6.54 Å². The smallest absolute Gasteiger partial charge is 0.313 e. The first-order chi connectivity index (χ1) is 21.4. The Labute approximate surface area is 247 Å². The lowest BCUT2D eigenvalue weighted by molar-refractivity contribution is 0.0539. The Morgan fingerprint density at radius 1 is 1.17 bits per heavy atom. The number of nitrogens with one attached hydrogen (secondary N) is 1. The normalized spacial score (nSPS) is 21.5. The van der Waals surface area contributed by atoms with E-state index in [2.05, 4.69) is 10.4 Å². The van der Waals surface area contributed by atoms with E-state index >= 15 is 8.78 Å². The third kappa shape index (κ3) is 3.80. The zero-order valence-corrected chi connectivity index (χ0v) is 22.4. The zero-order chi connectivity index (χ0) is 31.8. The van der Waals surface area contributed by atoms with E-state index in [0.717, 1.165) is 43.3 Å². The van der Waals surface area contributed by atoms with Gasteiger partial charge in [-0.3, -0.25) is 9.59 Å². The fourth-order valence-corrected chi connectivity index (χ4v) is 6.31. The van der Waals surface area contributed by atoms with Crippen molar-refractivity contribution < 1.29 is 31.9 Å². The molecular weight excluding hydrogens is 570 g/mol. The summed E-state index contributed by atoms with van der Waals surface area (Å²) in [6.07, 6.45) is 2.68. The molecule has 0 unspecified atom stereocenters. The molecule has 0 bridgehead atoms. The number of carbonyl (C=O) groups excluding carboxylic acids is 1. The predicted octanol–water partition coefficient (Wildman–Crippen LogP) is 4.96. The molecule has 214 valence electrons. The Kier molecular flexibility index (Phi) is 5.25. The lowest BCUT2D eigenvalue weighted by Gasteiger charge is -2.35. The van der Waals surface area contributed by atoms with Gasteiger partial charge in [0.2, 0.25) is 17.4 Å². The average Bonchev–Trinajstić information content (AvgIpc) is 3.67. The Morgan fingerprint density at radius 3 is 2.67 bits per heavy atom. The maximum atomic E-state index is 16.7. The summed E-state index contributed by atoms with van der Waals surface area (Å²) in [6.45, 7) is -2.19. The van der Waals surface area contributed by atoms with Crippen LogP contribution in [-0.2, 0) is 19.0 Å². The van der Waals surface area contributed by atoms with Crippen molar-refractivity contribution in [3.05, 3.63) is 92.4 Å². The zero-order valence-electron chi connectivity index (χ0n) is 24.7. The van der Waals surface area contributed by atoms with Crippen LogP contribution in [-0.4, -0.2) is 28.3 Å². The number of ether oxygens (including phenoxy) is 3. The van der Waals surface area contributed by atoms with E-state index in [-0.39, 0.29) is 34.2 Å². The summed E-state index contributed by atoms with van der Waals surface area (Å²) in [7, 11) is 0. The van der Waals surface area contributed by atoms with E-state index in [0.29, 0.717) is 5.56 Å². The molecule has 4 aromatic rings. The van der Waals surface area contributed by atoms with E-state index in [1.165, 1.54) is 0 Å². The molecule has 0 radical (unpaired) electrons. The highest BCUT2D eigenvalue weighted by molar-refractivity contribution is 6.34. The number of carbonyl (C=O) groups is 1. The van der Waals surface area contributed by atoms with Crippen LogP contribution >= 0.6 is 11.6 Å². The molecule has 3 aliphatic rings. The molecule has 2 atom stereocenters. The van der Waals surface area contributed by atoms with Crippen molar-refractivity contribution in [2.45, 2.75) is 30.9 Å². The molecule has 9 nitrogen and oxygen atoms in total. The molecule has 1 saturated heterocycles. The van der Waals surface area contributed by atoms with E-state index in [1.54, 1.807) is 0 Å². The Morgan fingerprint density at radius 2 is 1.95 bits per heavy atom. The second-order valence-electron chi connectivity index (χ2n) is 10.3. The van der Waals surface area contributed by atoms with Gasteiger partial charge in [-0.05, 0) is 31.0 Å². The van der Waals surface area contributed by atoms with Crippen molar-refractivity contribution in [1.29, 1.82) is 0 Å². The molecule has 3 aliphatic heterocycles. The fraction of sp³-hybridized carbons (Fsp3) is 0.233. The quantitative estimate of drug-likeness (QED) is 0.302. The SMILES string of the molecule is [2H]C([2H])([2H])n1ncc2c(c1=O)Oc1cc(C(N)=O)c(-c3c(Cl)c(F)cc4c3C[C@](c3ccccc3)([C@@H]3CCCN3)O4)c(F)c1O2. The highest BCUT2D eigenvalue weighted by Crippen LogP contribution is 2.54. The second kappa shape index (κ2) is 9.53. The molecule has 3 aromatic carbocycles. The molecule has 0 saturated carbocycles. The van der Waals surface area contributed by atoms with Crippen LogP contribution in [0.3, 0.4) is 0 Å². The third-order valence-corrected chi connectivity index (χ3v) is 8.30. The average molecular weight is 596 g/mol. The number of nitrogens with two attached hydrogens (primary N) is 1. The van der Waals surface area contributed by atoms with Crippen LogP contribution < -0.4 is 30.8 Å². The number of aryl methyl sites for hydroxylation is 1. The monoisotopic (exact) mass is 595 g/mol. The largest absolute Gasteiger partial charge is 0.480 e. The van der Waals surface area contributed by atoms with Crippen LogP contribution in [0.15, 0.2) is 53.5 Å². The minimum absolute atomic E-state index is 0.119. The molecular formula is C30H23ClF2N4O5. The number of hydrogen-bond acceptors (Lipinski definition) is 7. The summed E-state index contributed by atoms with van der Waals surface area (Å²) in [4.78, 5) is 25.6. The van der Waals surface area contributed by atoms with Gasteiger partial charge in [-0.2, -0.15) is 5.10 Å². The Balaban J connectivity index is 1.42. The van der Waals surface area contributed by atoms with Gasteiger partial charge in [-0.25, -0.2) is 13.5 Å². The standard InChI is InChI=1S/C30H23ClF2N4O5/c1-37-29(39)27-20(13-36-37)41-26-19(40-27)10-15(28(34)38)23(25(26)33)22-16-12-30(21-8-5-9-35-21,14-6-3-2-4-7-14)42-18(16)11-17(32)24(22)31/h2-4,6-7,10-11,13,21,35H,5,8-9,12H2,1H3,(H2,34,38)/t21-,30-/m0/s1/i1D3. The minimum atomic E-state index is -2.94. The number of benzene rings is 3. The molecule has 42 heavy (non-hydrogen) atoms. The van der Waals surface area contributed by atoms with Gasteiger partial charge in [0.15, 0.2) is 22.9 Å². The lowest BCUT2D eigenvalue weighted by Crippen LogP contribution is -2.48. The van der Waals surface area contributed by atoms with Gasteiger partial charge in [0, 0.05) is 40.3 Å². The van der Waals surface area contributed by atoms with E-state index in [1.807, 2.05) is 30.3 Å². The molecule has 7 rings (SSSR count). The van der Waals surface area contributed by atoms with Crippen LogP contribution in [0.2, 0.25) is 5.02 Å². The minimum Gasteiger partial charge on any atom is -0.480 e. The molecule has 4 heterocycles. The van der Waals surface area contributed by atoms with Crippen LogP contribution in [0.1, 0.15) is 38.4 Å². The molecule has 3 N–H and O–H groups in total. The van der Waals surface area contributed by atoms with Gasteiger partial charge in [0.05, 0.1) is 22.8 Å². The van der Waals surface area contributed by atoms with Crippen LogP contribution in [0.25, 0.3) is 11.1 Å². The summed E-state index contributed by atoms with van der Waals surface area (Å²) in [6, 6.07) is 11.4. The number of fused-ring (bicyclic) bond motifs is 3. The van der Waals surface area contributed by atoms with E-state index < -0.39 is 69.1 Å².